The SMILES string of the molecule is CC(C)(O)c1cccc(Oc2ccc(-c3c4cccc(C(F)(F)F)c4nn3Cc3ccccc3)cc2)c1. The van der Waals surface area contributed by atoms with E-state index in [1.807, 2.05) is 54.6 Å². The van der Waals surface area contributed by atoms with E-state index in [2.05, 4.69) is 5.10 Å². The fraction of sp³-hybridized carbons (Fsp3) is 0.167. The first-order chi connectivity index (χ1) is 17.6. The van der Waals surface area contributed by atoms with Gasteiger partial charge in [0.25, 0.3) is 0 Å². The summed E-state index contributed by atoms with van der Waals surface area (Å²) in [7, 11) is 0. The second-order valence-corrected chi connectivity index (χ2v) is 9.40. The average Bonchev–Trinajstić information content (AvgIpc) is 3.22. The highest BCUT2D eigenvalue weighted by molar-refractivity contribution is 5.95. The van der Waals surface area contributed by atoms with E-state index in [4.69, 9.17) is 4.74 Å². The van der Waals surface area contributed by atoms with Crippen molar-refractivity contribution in [1.82, 2.24) is 9.78 Å². The van der Waals surface area contributed by atoms with Crippen molar-refractivity contribution >= 4 is 10.9 Å². The maximum atomic E-state index is 13.8. The normalized spacial score (nSPS) is 12.2. The van der Waals surface area contributed by atoms with Crippen molar-refractivity contribution in [3.63, 3.8) is 0 Å². The van der Waals surface area contributed by atoms with Crippen molar-refractivity contribution in [2.45, 2.75) is 32.2 Å². The summed E-state index contributed by atoms with van der Waals surface area (Å²) in [5, 5.41) is 15.1. The number of aromatic nitrogens is 2. The molecule has 5 rings (SSSR count). The van der Waals surface area contributed by atoms with E-state index < -0.39 is 17.3 Å². The van der Waals surface area contributed by atoms with Crippen LogP contribution in [0.3, 0.4) is 0 Å². The largest absolute Gasteiger partial charge is 0.457 e. The van der Waals surface area contributed by atoms with Gasteiger partial charge in [-0.25, -0.2) is 0 Å². The standard InChI is InChI=1S/C30H25F3N2O2/c1-29(2,36)22-10-6-11-24(18-22)37-23-16-14-21(15-17-23)28-25-12-7-13-26(30(31,32)33)27(25)34-35(28)19-20-8-4-3-5-9-20/h3-18,36H,19H2,1-2H3. The van der Waals surface area contributed by atoms with Crippen molar-refractivity contribution in [1.29, 1.82) is 0 Å². The van der Waals surface area contributed by atoms with Crippen molar-refractivity contribution in [3.05, 3.63) is 114 Å². The Kier molecular flexibility index (Phi) is 6.25. The van der Waals surface area contributed by atoms with Gasteiger partial charge in [0, 0.05) is 10.9 Å². The van der Waals surface area contributed by atoms with E-state index in [0.717, 1.165) is 22.8 Å². The first-order valence-corrected chi connectivity index (χ1v) is 11.8. The summed E-state index contributed by atoms with van der Waals surface area (Å²) >= 11 is 0. The predicted molar refractivity (Wildman–Crippen MR) is 137 cm³/mol. The van der Waals surface area contributed by atoms with Crippen LogP contribution in [0.5, 0.6) is 11.5 Å². The molecule has 0 unspecified atom stereocenters. The molecule has 1 heterocycles. The van der Waals surface area contributed by atoms with Gasteiger partial charge in [-0.05, 0) is 67.4 Å². The van der Waals surface area contributed by atoms with Crippen LogP contribution in [0.15, 0.2) is 97.1 Å². The molecule has 0 radical (unpaired) electrons. The number of ether oxygens (including phenoxy) is 1. The van der Waals surface area contributed by atoms with Crippen LogP contribution in [0, 0.1) is 0 Å². The Bertz CT molecular complexity index is 1530. The van der Waals surface area contributed by atoms with Gasteiger partial charge >= 0.3 is 6.18 Å². The Morgan fingerprint density at radius 2 is 1.51 bits per heavy atom. The maximum Gasteiger partial charge on any atom is 0.418 e. The first-order valence-electron chi connectivity index (χ1n) is 11.8. The van der Waals surface area contributed by atoms with Gasteiger partial charge in [0.15, 0.2) is 0 Å². The smallest absolute Gasteiger partial charge is 0.418 e. The zero-order valence-electron chi connectivity index (χ0n) is 20.3. The van der Waals surface area contributed by atoms with Gasteiger partial charge < -0.3 is 9.84 Å². The van der Waals surface area contributed by atoms with Crippen molar-refractivity contribution in [2.75, 3.05) is 0 Å². The second kappa shape index (κ2) is 9.41. The molecule has 4 aromatic carbocycles. The lowest BCUT2D eigenvalue weighted by atomic mass is 9.98. The highest BCUT2D eigenvalue weighted by Gasteiger charge is 2.34. The lowest BCUT2D eigenvalue weighted by molar-refractivity contribution is -0.136. The van der Waals surface area contributed by atoms with Gasteiger partial charge in [-0.2, -0.15) is 18.3 Å². The average molecular weight is 503 g/mol. The number of nitrogens with zero attached hydrogens (tertiary/aromatic N) is 2. The van der Waals surface area contributed by atoms with Gasteiger partial charge in [0.1, 0.15) is 17.0 Å². The highest BCUT2D eigenvalue weighted by Crippen LogP contribution is 2.38. The van der Waals surface area contributed by atoms with Gasteiger partial charge in [-0.15, -0.1) is 0 Å². The predicted octanol–water partition coefficient (Wildman–Crippen LogP) is 7.79. The Balaban J connectivity index is 1.54. The molecule has 0 aliphatic rings. The topological polar surface area (TPSA) is 47.3 Å². The molecule has 0 spiro atoms. The van der Waals surface area contributed by atoms with E-state index in [9.17, 15) is 18.3 Å². The van der Waals surface area contributed by atoms with Crippen molar-refractivity contribution in [3.8, 4) is 22.8 Å². The second-order valence-electron chi connectivity index (χ2n) is 9.40. The summed E-state index contributed by atoms with van der Waals surface area (Å²) in [5.41, 5.74) is 1.12. The Morgan fingerprint density at radius 3 is 2.19 bits per heavy atom. The van der Waals surface area contributed by atoms with Crippen LogP contribution in [-0.4, -0.2) is 14.9 Å². The van der Waals surface area contributed by atoms with Crippen LogP contribution in [0.2, 0.25) is 0 Å². The zero-order chi connectivity index (χ0) is 26.2. The fourth-order valence-electron chi connectivity index (χ4n) is 4.31. The van der Waals surface area contributed by atoms with Gasteiger partial charge in [0.2, 0.25) is 0 Å². The molecule has 0 fully saturated rings. The van der Waals surface area contributed by atoms with Gasteiger partial charge in [-0.3, -0.25) is 4.68 Å². The van der Waals surface area contributed by atoms with Crippen LogP contribution in [-0.2, 0) is 18.3 Å². The third-order valence-corrected chi connectivity index (χ3v) is 6.15. The van der Waals surface area contributed by atoms with E-state index in [1.165, 1.54) is 6.07 Å². The molecule has 0 atom stereocenters. The van der Waals surface area contributed by atoms with Gasteiger partial charge in [0.05, 0.1) is 23.4 Å². The third-order valence-electron chi connectivity index (χ3n) is 6.15. The number of halogens is 3. The molecule has 0 amide bonds. The minimum absolute atomic E-state index is 0.0790. The van der Waals surface area contributed by atoms with Crippen molar-refractivity contribution < 1.29 is 23.0 Å². The molecule has 0 bridgehead atoms. The Hall–Kier alpha value is -4.10. The number of benzene rings is 4. The molecule has 188 valence electrons. The van der Waals surface area contributed by atoms with Crippen LogP contribution < -0.4 is 4.74 Å². The molecular weight excluding hydrogens is 477 g/mol. The van der Waals surface area contributed by atoms with E-state index in [1.54, 1.807) is 48.9 Å². The Labute approximate surface area is 212 Å². The van der Waals surface area contributed by atoms with Crippen LogP contribution in [0.25, 0.3) is 22.2 Å². The van der Waals surface area contributed by atoms with E-state index >= 15 is 0 Å². The maximum absolute atomic E-state index is 13.8. The third kappa shape index (κ3) is 5.22. The molecule has 0 saturated heterocycles. The number of aliphatic hydroxyl groups is 1. The molecule has 0 aliphatic heterocycles. The monoisotopic (exact) mass is 502 g/mol. The number of rotatable bonds is 6. The lowest BCUT2D eigenvalue weighted by Crippen LogP contribution is -2.15. The van der Waals surface area contributed by atoms with Crippen LogP contribution in [0.1, 0.15) is 30.5 Å². The van der Waals surface area contributed by atoms with E-state index in [-0.39, 0.29) is 5.52 Å². The molecule has 0 aliphatic carbocycles. The molecule has 1 aromatic heterocycles. The number of hydrogen-bond donors (Lipinski definition) is 1. The fourth-order valence-corrected chi connectivity index (χ4v) is 4.31. The van der Waals surface area contributed by atoms with Crippen LogP contribution >= 0.6 is 0 Å². The minimum Gasteiger partial charge on any atom is -0.457 e. The molecule has 1 N–H and O–H groups in total. The number of hydrogen-bond acceptors (Lipinski definition) is 3. The number of fused-ring (bicyclic) bond motifs is 1. The van der Waals surface area contributed by atoms with Gasteiger partial charge in [-0.1, -0.05) is 54.6 Å². The summed E-state index contributed by atoms with van der Waals surface area (Å²) in [6, 6.07) is 28.0. The lowest BCUT2D eigenvalue weighted by Gasteiger charge is -2.18. The summed E-state index contributed by atoms with van der Waals surface area (Å²) in [5.74, 6) is 1.13. The minimum atomic E-state index is -4.52. The van der Waals surface area contributed by atoms with Crippen molar-refractivity contribution in [2.24, 2.45) is 0 Å². The molecule has 4 nitrogen and oxygen atoms in total. The summed E-state index contributed by atoms with van der Waals surface area (Å²) in [4.78, 5) is 0. The highest BCUT2D eigenvalue weighted by atomic mass is 19.4. The quantitative estimate of drug-likeness (QED) is 0.258. The number of alkyl halides is 3. The Morgan fingerprint density at radius 1 is 0.811 bits per heavy atom. The molecular formula is C30H25F3N2O2. The zero-order valence-corrected chi connectivity index (χ0v) is 20.3. The molecule has 37 heavy (non-hydrogen) atoms. The summed E-state index contributed by atoms with van der Waals surface area (Å²) in [6.45, 7) is 3.73. The van der Waals surface area contributed by atoms with E-state index in [0.29, 0.717) is 29.1 Å². The molecule has 7 heteroatoms. The molecule has 5 aromatic rings. The van der Waals surface area contributed by atoms with Crippen LogP contribution in [0.4, 0.5) is 13.2 Å². The molecule has 0 saturated carbocycles. The first kappa shape index (κ1) is 24.6. The summed E-state index contributed by atoms with van der Waals surface area (Å²) < 4.78 is 48.9. The summed E-state index contributed by atoms with van der Waals surface area (Å²) in [6.07, 6.45) is -4.52.